The first-order chi connectivity index (χ1) is 10.9. The van der Waals surface area contributed by atoms with E-state index in [9.17, 15) is 17.6 Å². The zero-order valence-electron chi connectivity index (χ0n) is 11.9. The Bertz CT molecular complexity index is 649. The Balaban J connectivity index is 0.000000167. The Morgan fingerprint density at radius 2 is 1.91 bits per heavy atom. The zero-order chi connectivity index (χ0) is 16.9. The lowest BCUT2D eigenvalue weighted by Crippen LogP contribution is -2.21. The number of nitrogens with zero attached hydrogens (tertiary/aromatic N) is 1. The molecule has 0 spiro atoms. The summed E-state index contributed by atoms with van der Waals surface area (Å²) < 4.78 is 55.8. The molecule has 2 heterocycles. The van der Waals surface area contributed by atoms with Crippen LogP contribution in [0.3, 0.4) is 0 Å². The van der Waals surface area contributed by atoms with Gasteiger partial charge in [0.25, 0.3) is 0 Å². The minimum absolute atomic E-state index is 0.0555. The van der Waals surface area contributed by atoms with E-state index in [2.05, 4.69) is 9.72 Å². The van der Waals surface area contributed by atoms with Crippen molar-refractivity contribution in [1.29, 1.82) is 0 Å². The number of aromatic nitrogens is 1. The maximum Gasteiger partial charge on any atom is 0.573 e. The molecule has 0 radical (unpaired) electrons. The Morgan fingerprint density at radius 3 is 2.57 bits per heavy atom. The summed E-state index contributed by atoms with van der Waals surface area (Å²) in [7, 11) is 0. The fourth-order valence-electron chi connectivity index (χ4n) is 1.89. The average molecular weight is 330 g/mol. The Labute approximate surface area is 129 Å². The summed E-state index contributed by atoms with van der Waals surface area (Å²) in [5, 5.41) is 0. The fraction of sp³-hybridized carbons (Fsp3) is 0.267. The molecule has 4 nitrogen and oxygen atoms in total. The second-order valence-corrected chi connectivity index (χ2v) is 4.61. The Morgan fingerprint density at radius 1 is 1.17 bits per heavy atom. The van der Waals surface area contributed by atoms with Gasteiger partial charge in [0, 0.05) is 12.6 Å². The topological polar surface area (TPSA) is 57.4 Å². The maximum atomic E-state index is 12.5. The first-order valence-electron chi connectivity index (χ1n) is 6.70. The summed E-state index contributed by atoms with van der Waals surface area (Å²) in [5.41, 5.74) is 6.69. The van der Waals surface area contributed by atoms with Gasteiger partial charge in [-0.1, -0.05) is 12.1 Å². The van der Waals surface area contributed by atoms with Gasteiger partial charge >= 0.3 is 6.36 Å². The van der Waals surface area contributed by atoms with Gasteiger partial charge in [0.15, 0.2) is 11.6 Å². The summed E-state index contributed by atoms with van der Waals surface area (Å²) in [6.45, 7) is 0.708. The van der Waals surface area contributed by atoms with Crippen molar-refractivity contribution >= 4 is 0 Å². The van der Waals surface area contributed by atoms with Crippen LogP contribution in [0.1, 0.15) is 18.2 Å². The number of fused-ring (bicyclic) bond motifs is 1. The number of hydrogen-bond acceptors (Lipinski definition) is 4. The van der Waals surface area contributed by atoms with Gasteiger partial charge in [-0.2, -0.15) is 0 Å². The second-order valence-electron chi connectivity index (χ2n) is 4.61. The molecule has 0 unspecified atom stereocenters. The first-order valence-corrected chi connectivity index (χ1v) is 6.70. The SMILES string of the molecule is Fc1ccccc1OC(F)(F)F.N[C@@H]1CCOc2cccnc21. The minimum atomic E-state index is -4.85. The van der Waals surface area contributed by atoms with Crippen LogP contribution in [0.15, 0.2) is 42.6 Å². The highest BCUT2D eigenvalue weighted by Crippen LogP contribution is 2.27. The molecular weight excluding hydrogens is 316 g/mol. The van der Waals surface area contributed by atoms with Crippen LogP contribution in [0, 0.1) is 5.82 Å². The molecule has 124 valence electrons. The van der Waals surface area contributed by atoms with Crippen molar-refractivity contribution in [3.8, 4) is 11.5 Å². The molecule has 0 amide bonds. The van der Waals surface area contributed by atoms with Crippen LogP contribution in [0.25, 0.3) is 0 Å². The van der Waals surface area contributed by atoms with E-state index in [4.69, 9.17) is 10.5 Å². The molecule has 8 heteroatoms. The van der Waals surface area contributed by atoms with Crippen molar-refractivity contribution < 1.29 is 27.0 Å². The van der Waals surface area contributed by atoms with Crippen LogP contribution >= 0.6 is 0 Å². The number of halogens is 4. The van der Waals surface area contributed by atoms with Gasteiger partial charge in [-0.05, 0) is 24.3 Å². The summed E-state index contributed by atoms with van der Waals surface area (Å²) in [6.07, 6.45) is -2.24. The molecule has 0 fully saturated rings. The molecule has 1 aliphatic rings. The molecule has 1 aliphatic heterocycles. The van der Waals surface area contributed by atoms with Crippen LogP contribution in [-0.2, 0) is 0 Å². The zero-order valence-corrected chi connectivity index (χ0v) is 11.9. The van der Waals surface area contributed by atoms with Gasteiger partial charge in [0.1, 0.15) is 5.75 Å². The molecule has 0 saturated carbocycles. The highest BCUT2D eigenvalue weighted by atomic mass is 19.4. The highest BCUT2D eigenvalue weighted by Gasteiger charge is 2.32. The van der Waals surface area contributed by atoms with Crippen molar-refractivity contribution in [2.24, 2.45) is 5.73 Å². The van der Waals surface area contributed by atoms with Crippen molar-refractivity contribution in [3.63, 3.8) is 0 Å². The van der Waals surface area contributed by atoms with Gasteiger partial charge in [-0.15, -0.1) is 13.2 Å². The summed E-state index contributed by atoms with van der Waals surface area (Å²) >= 11 is 0. The first kappa shape index (κ1) is 17.0. The number of rotatable bonds is 1. The molecule has 2 aromatic rings. The highest BCUT2D eigenvalue weighted by molar-refractivity contribution is 5.30. The van der Waals surface area contributed by atoms with E-state index >= 15 is 0 Å². The van der Waals surface area contributed by atoms with Crippen molar-refractivity contribution in [2.75, 3.05) is 6.61 Å². The molecule has 2 N–H and O–H groups in total. The Kier molecular flexibility index (Phi) is 5.38. The summed E-state index contributed by atoms with van der Waals surface area (Å²) in [4.78, 5) is 4.15. The molecule has 23 heavy (non-hydrogen) atoms. The quantitative estimate of drug-likeness (QED) is 0.812. The number of hydrogen-bond donors (Lipinski definition) is 1. The van der Waals surface area contributed by atoms with E-state index < -0.39 is 17.9 Å². The van der Waals surface area contributed by atoms with Crippen LogP contribution in [0.5, 0.6) is 11.5 Å². The number of nitrogens with two attached hydrogens (primary N) is 1. The number of benzene rings is 1. The largest absolute Gasteiger partial charge is 0.573 e. The van der Waals surface area contributed by atoms with Crippen LogP contribution in [0.4, 0.5) is 17.6 Å². The van der Waals surface area contributed by atoms with Crippen molar-refractivity contribution in [3.05, 3.63) is 54.1 Å². The number of ether oxygens (including phenoxy) is 2. The smallest absolute Gasteiger partial charge is 0.492 e. The van der Waals surface area contributed by atoms with Gasteiger partial charge < -0.3 is 15.2 Å². The van der Waals surface area contributed by atoms with Crippen LogP contribution in [0.2, 0.25) is 0 Å². The molecular formula is C15H14F4N2O2. The molecule has 1 aromatic carbocycles. The molecule has 0 aliphatic carbocycles. The summed E-state index contributed by atoms with van der Waals surface area (Å²) in [6, 6.07) is 8.14. The van der Waals surface area contributed by atoms with E-state index in [1.807, 2.05) is 12.1 Å². The normalized spacial score (nSPS) is 16.5. The lowest BCUT2D eigenvalue weighted by Gasteiger charge is -2.20. The fourth-order valence-corrected chi connectivity index (χ4v) is 1.89. The molecule has 1 atom stereocenters. The van der Waals surface area contributed by atoms with Gasteiger partial charge in [0.05, 0.1) is 18.3 Å². The number of pyridine rings is 1. The van der Waals surface area contributed by atoms with Gasteiger partial charge in [0.2, 0.25) is 0 Å². The standard InChI is InChI=1S/C8H10N2O.C7H4F4O/c9-6-3-5-11-7-2-1-4-10-8(6)7;8-5-3-1-2-4-6(5)12-7(9,10)11/h1-2,4,6H,3,5,9H2;1-4H/t6-;/m1./s1. The maximum absolute atomic E-state index is 12.5. The third-order valence-electron chi connectivity index (χ3n) is 2.90. The van der Waals surface area contributed by atoms with Crippen molar-refractivity contribution in [1.82, 2.24) is 4.98 Å². The van der Waals surface area contributed by atoms with Crippen LogP contribution < -0.4 is 15.2 Å². The third-order valence-corrected chi connectivity index (χ3v) is 2.90. The minimum Gasteiger partial charge on any atom is -0.492 e. The Hall–Kier alpha value is -2.35. The predicted molar refractivity (Wildman–Crippen MR) is 74.4 cm³/mol. The van der Waals surface area contributed by atoms with Gasteiger partial charge in [-0.3, -0.25) is 4.98 Å². The van der Waals surface area contributed by atoms with E-state index in [0.717, 1.165) is 30.0 Å². The average Bonchev–Trinajstić information content (AvgIpc) is 2.50. The molecule has 0 saturated heterocycles. The molecule has 3 rings (SSSR count). The van der Waals surface area contributed by atoms with Crippen molar-refractivity contribution in [2.45, 2.75) is 18.8 Å². The second kappa shape index (κ2) is 7.28. The van der Waals surface area contributed by atoms with Crippen LogP contribution in [-0.4, -0.2) is 18.0 Å². The third kappa shape index (κ3) is 5.10. The lowest BCUT2D eigenvalue weighted by molar-refractivity contribution is -0.275. The molecule has 1 aromatic heterocycles. The number of para-hydroxylation sites is 1. The monoisotopic (exact) mass is 330 g/mol. The lowest BCUT2D eigenvalue weighted by atomic mass is 10.1. The van der Waals surface area contributed by atoms with Gasteiger partial charge in [-0.25, -0.2) is 4.39 Å². The molecule has 0 bridgehead atoms. The van der Waals surface area contributed by atoms with E-state index in [1.165, 1.54) is 12.1 Å². The predicted octanol–water partition coefficient (Wildman–Crippen LogP) is 3.59. The van der Waals surface area contributed by atoms with E-state index in [-0.39, 0.29) is 6.04 Å². The van der Waals surface area contributed by atoms with E-state index in [0.29, 0.717) is 6.61 Å². The van der Waals surface area contributed by atoms with E-state index in [1.54, 1.807) is 6.20 Å². The number of alkyl halides is 3. The summed E-state index contributed by atoms with van der Waals surface area (Å²) in [5.74, 6) is -1.01.